The Morgan fingerprint density at radius 3 is 2.42 bits per heavy atom. The SMILES string of the molecule is CCOC(=O)CN(C)Cc1ccc(OC(C)C)cc1. The number of ether oxygens (including phenoxy) is 2. The molecule has 0 N–H and O–H groups in total. The topological polar surface area (TPSA) is 38.8 Å². The highest BCUT2D eigenvalue weighted by atomic mass is 16.5. The fourth-order valence-electron chi connectivity index (χ4n) is 1.74. The third-order valence-corrected chi connectivity index (χ3v) is 2.45. The van der Waals surface area contributed by atoms with Crippen molar-refractivity contribution in [2.24, 2.45) is 0 Å². The molecule has 0 radical (unpaired) electrons. The molecule has 1 rings (SSSR count). The van der Waals surface area contributed by atoms with Gasteiger partial charge in [-0.1, -0.05) is 12.1 Å². The van der Waals surface area contributed by atoms with E-state index in [1.54, 1.807) is 0 Å². The Morgan fingerprint density at radius 2 is 1.89 bits per heavy atom. The highest BCUT2D eigenvalue weighted by Gasteiger charge is 2.07. The van der Waals surface area contributed by atoms with Gasteiger partial charge in [-0.05, 0) is 45.5 Å². The van der Waals surface area contributed by atoms with Gasteiger partial charge >= 0.3 is 5.97 Å². The number of hydrogen-bond acceptors (Lipinski definition) is 4. The molecular formula is C15H23NO3. The molecule has 106 valence electrons. The number of esters is 1. The summed E-state index contributed by atoms with van der Waals surface area (Å²) in [5.41, 5.74) is 1.14. The second kappa shape index (κ2) is 7.79. The zero-order chi connectivity index (χ0) is 14.3. The van der Waals surface area contributed by atoms with E-state index >= 15 is 0 Å². The van der Waals surface area contributed by atoms with Gasteiger partial charge in [-0.2, -0.15) is 0 Å². The summed E-state index contributed by atoms with van der Waals surface area (Å²) in [5, 5.41) is 0. The molecule has 1 aromatic carbocycles. The fraction of sp³-hybridized carbons (Fsp3) is 0.533. The summed E-state index contributed by atoms with van der Waals surface area (Å²) in [5.74, 6) is 0.677. The first-order valence-electron chi connectivity index (χ1n) is 6.61. The van der Waals surface area contributed by atoms with E-state index in [0.29, 0.717) is 19.7 Å². The molecule has 4 heteroatoms. The number of carbonyl (C=O) groups excluding carboxylic acids is 1. The minimum absolute atomic E-state index is 0.178. The molecule has 4 nitrogen and oxygen atoms in total. The van der Waals surface area contributed by atoms with Gasteiger partial charge in [0, 0.05) is 6.54 Å². The number of hydrogen-bond donors (Lipinski definition) is 0. The van der Waals surface area contributed by atoms with Crippen LogP contribution >= 0.6 is 0 Å². The van der Waals surface area contributed by atoms with Crippen LogP contribution in [0.25, 0.3) is 0 Å². The van der Waals surface area contributed by atoms with Crippen molar-refractivity contribution in [3.63, 3.8) is 0 Å². The molecule has 0 bridgehead atoms. The van der Waals surface area contributed by atoms with E-state index in [1.165, 1.54) is 0 Å². The molecule has 1 aromatic rings. The number of likely N-dealkylation sites (N-methyl/N-ethyl adjacent to an activating group) is 1. The monoisotopic (exact) mass is 265 g/mol. The normalized spacial score (nSPS) is 10.8. The molecule has 0 amide bonds. The molecule has 0 unspecified atom stereocenters. The van der Waals surface area contributed by atoms with Crippen LogP contribution in [0.2, 0.25) is 0 Å². The molecule has 19 heavy (non-hydrogen) atoms. The average molecular weight is 265 g/mol. The second-order valence-electron chi connectivity index (χ2n) is 4.79. The van der Waals surface area contributed by atoms with Crippen molar-refractivity contribution in [1.29, 1.82) is 0 Å². The summed E-state index contributed by atoms with van der Waals surface area (Å²) in [6.07, 6.45) is 0.178. The Morgan fingerprint density at radius 1 is 1.26 bits per heavy atom. The zero-order valence-corrected chi connectivity index (χ0v) is 12.2. The van der Waals surface area contributed by atoms with Gasteiger partial charge < -0.3 is 9.47 Å². The standard InChI is InChI=1S/C15H23NO3/c1-5-18-15(17)11-16(4)10-13-6-8-14(9-7-13)19-12(2)3/h6-9,12H,5,10-11H2,1-4H3. The van der Waals surface area contributed by atoms with Gasteiger partial charge in [-0.15, -0.1) is 0 Å². The smallest absolute Gasteiger partial charge is 0.320 e. The van der Waals surface area contributed by atoms with Crippen LogP contribution in [0.4, 0.5) is 0 Å². The van der Waals surface area contributed by atoms with Gasteiger partial charge in [-0.25, -0.2) is 0 Å². The lowest BCUT2D eigenvalue weighted by Crippen LogP contribution is -2.26. The molecule has 0 saturated carbocycles. The van der Waals surface area contributed by atoms with Crippen LogP contribution in [0.3, 0.4) is 0 Å². The van der Waals surface area contributed by atoms with Crippen molar-refractivity contribution in [3.8, 4) is 5.75 Å². The lowest BCUT2D eigenvalue weighted by atomic mass is 10.2. The van der Waals surface area contributed by atoms with Crippen LogP contribution in [0.15, 0.2) is 24.3 Å². The molecule has 0 saturated heterocycles. The van der Waals surface area contributed by atoms with Crippen molar-refractivity contribution in [2.45, 2.75) is 33.4 Å². The highest BCUT2D eigenvalue weighted by Crippen LogP contribution is 2.14. The summed E-state index contributed by atoms with van der Waals surface area (Å²) in [6.45, 7) is 7.25. The summed E-state index contributed by atoms with van der Waals surface area (Å²) in [4.78, 5) is 13.3. The highest BCUT2D eigenvalue weighted by molar-refractivity contribution is 5.71. The Kier molecular flexibility index (Phi) is 6.36. The summed E-state index contributed by atoms with van der Waals surface area (Å²) < 4.78 is 10.5. The number of rotatable bonds is 7. The number of carbonyl (C=O) groups is 1. The molecule has 0 fully saturated rings. The van der Waals surface area contributed by atoms with E-state index in [2.05, 4.69) is 0 Å². The summed E-state index contributed by atoms with van der Waals surface area (Å²) in [6, 6.07) is 7.93. The van der Waals surface area contributed by atoms with Gasteiger partial charge in [0.15, 0.2) is 0 Å². The molecule has 0 heterocycles. The van der Waals surface area contributed by atoms with Crippen molar-refractivity contribution >= 4 is 5.97 Å². The van der Waals surface area contributed by atoms with Crippen LogP contribution in [0.1, 0.15) is 26.3 Å². The van der Waals surface area contributed by atoms with Crippen molar-refractivity contribution < 1.29 is 14.3 Å². The predicted molar refractivity (Wildman–Crippen MR) is 75.2 cm³/mol. The molecular weight excluding hydrogens is 242 g/mol. The van der Waals surface area contributed by atoms with Crippen LogP contribution in [-0.2, 0) is 16.1 Å². The van der Waals surface area contributed by atoms with Crippen molar-refractivity contribution in [3.05, 3.63) is 29.8 Å². The third-order valence-electron chi connectivity index (χ3n) is 2.45. The maximum Gasteiger partial charge on any atom is 0.320 e. The first-order valence-corrected chi connectivity index (χ1v) is 6.61. The van der Waals surface area contributed by atoms with Crippen LogP contribution in [-0.4, -0.2) is 37.2 Å². The van der Waals surface area contributed by atoms with Gasteiger partial charge in [0.05, 0.1) is 19.3 Å². The quantitative estimate of drug-likeness (QED) is 0.710. The average Bonchev–Trinajstić information content (AvgIpc) is 2.31. The molecule has 0 aliphatic rings. The predicted octanol–water partition coefficient (Wildman–Crippen LogP) is 2.47. The fourth-order valence-corrected chi connectivity index (χ4v) is 1.74. The van der Waals surface area contributed by atoms with E-state index in [0.717, 1.165) is 11.3 Å². The molecule has 0 aliphatic carbocycles. The van der Waals surface area contributed by atoms with E-state index < -0.39 is 0 Å². The lowest BCUT2D eigenvalue weighted by molar-refractivity contribution is -0.144. The van der Waals surface area contributed by atoms with Crippen LogP contribution < -0.4 is 4.74 Å². The van der Waals surface area contributed by atoms with Crippen LogP contribution in [0, 0.1) is 0 Å². The Bertz CT molecular complexity index is 387. The van der Waals surface area contributed by atoms with E-state index in [4.69, 9.17) is 9.47 Å². The van der Waals surface area contributed by atoms with Gasteiger partial charge in [0.2, 0.25) is 0 Å². The summed E-state index contributed by atoms with van der Waals surface area (Å²) >= 11 is 0. The molecule has 0 spiro atoms. The molecule has 0 aromatic heterocycles. The number of nitrogens with zero attached hydrogens (tertiary/aromatic N) is 1. The third kappa shape index (κ3) is 6.25. The van der Waals surface area contributed by atoms with E-state index in [-0.39, 0.29) is 12.1 Å². The minimum atomic E-state index is -0.190. The Labute approximate surface area is 115 Å². The van der Waals surface area contributed by atoms with Gasteiger partial charge in [0.1, 0.15) is 5.75 Å². The Hall–Kier alpha value is -1.55. The maximum atomic E-state index is 11.3. The van der Waals surface area contributed by atoms with Gasteiger partial charge in [0.25, 0.3) is 0 Å². The van der Waals surface area contributed by atoms with Crippen LogP contribution in [0.5, 0.6) is 5.75 Å². The van der Waals surface area contributed by atoms with Crippen molar-refractivity contribution in [2.75, 3.05) is 20.2 Å². The lowest BCUT2D eigenvalue weighted by Gasteiger charge is -2.16. The molecule has 0 aliphatic heterocycles. The largest absolute Gasteiger partial charge is 0.491 e. The number of benzene rings is 1. The first-order chi connectivity index (χ1) is 9.01. The first kappa shape index (κ1) is 15.5. The molecule has 0 atom stereocenters. The summed E-state index contributed by atoms with van der Waals surface area (Å²) in [7, 11) is 1.90. The van der Waals surface area contributed by atoms with Crippen molar-refractivity contribution in [1.82, 2.24) is 4.90 Å². The maximum absolute atomic E-state index is 11.3. The van der Waals surface area contributed by atoms with Gasteiger partial charge in [-0.3, -0.25) is 9.69 Å². The van der Waals surface area contributed by atoms with E-state index in [1.807, 2.05) is 57.0 Å². The van der Waals surface area contributed by atoms with E-state index in [9.17, 15) is 4.79 Å². The minimum Gasteiger partial charge on any atom is -0.491 e. The second-order valence-corrected chi connectivity index (χ2v) is 4.79. The zero-order valence-electron chi connectivity index (χ0n) is 12.2. The Balaban J connectivity index is 2.46.